The molecule has 0 aromatic carbocycles. The van der Waals surface area contributed by atoms with E-state index in [4.69, 9.17) is 9.84 Å². The molecule has 0 saturated carbocycles. The van der Waals surface area contributed by atoms with Crippen molar-refractivity contribution >= 4 is 10.0 Å². The number of sulfonamides is 1. The molecule has 2 N–H and O–H groups in total. The van der Waals surface area contributed by atoms with Crippen LogP contribution in [0.2, 0.25) is 0 Å². The van der Waals surface area contributed by atoms with Crippen LogP contribution in [0.25, 0.3) is 0 Å². The topological polar surface area (TPSA) is 80.6 Å². The third-order valence-corrected chi connectivity index (χ3v) is 4.38. The van der Waals surface area contributed by atoms with Gasteiger partial charge in [-0.1, -0.05) is 13.3 Å². The SMILES string of the molecule is CCCCOCCCNS(=O)(=O)c1cc(CO)n(C)c1. The second-order valence-corrected chi connectivity index (χ2v) is 6.42. The van der Waals surface area contributed by atoms with Gasteiger partial charge in [0.2, 0.25) is 10.0 Å². The Labute approximate surface area is 120 Å². The van der Waals surface area contributed by atoms with Crippen molar-refractivity contribution in [3.05, 3.63) is 18.0 Å². The zero-order valence-corrected chi connectivity index (χ0v) is 12.9. The van der Waals surface area contributed by atoms with Crippen LogP contribution >= 0.6 is 0 Å². The molecule has 1 aromatic rings. The van der Waals surface area contributed by atoms with Crippen LogP contribution < -0.4 is 4.72 Å². The average molecular weight is 304 g/mol. The number of aliphatic hydroxyl groups is 1. The van der Waals surface area contributed by atoms with E-state index in [9.17, 15) is 8.42 Å². The molecule has 0 fully saturated rings. The Morgan fingerprint density at radius 1 is 1.35 bits per heavy atom. The molecule has 1 rings (SSSR count). The predicted molar refractivity (Wildman–Crippen MR) is 76.9 cm³/mol. The van der Waals surface area contributed by atoms with Gasteiger partial charge in [-0.3, -0.25) is 0 Å². The summed E-state index contributed by atoms with van der Waals surface area (Å²) in [6.45, 7) is 3.54. The highest BCUT2D eigenvalue weighted by Crippen LogP contribution is 2.13. The van der Waals surface area contributed by atoms with Crippen LogP contribution in [-0.4, -0.2) is 37.8 Å². The molecule has 116 valence electrons. The van der Waals surface area contributed by atoms with Gasteiger partial charge in [-0.25, -0.2) is 13.1 Å². The van der Waals surface area contributed by atoms with Crippen LogP contribution in [0.1, 0.15) is 31.9 Å². The molecule has 0 saturated heterocycles. The fraction of sp³-hybridized carbons (Fsp3) is 0.692. The van der Waals surface area contributed by atoms with Gasteiger partial charge in [-0.2, -0.15) is 0 Å². The van der Waals surface area contributed by atoms with Crippen LogP contribution in [0, 0.1) is 0 Å². The number of rotatable bonds is 10. The van der Waals surface area contributed by atoms with Gasteiger partial charge in [0, 0.05) is 38.7 Å². The summed E-state index contributed by atoms with van der Waals surface area (Å²) in [5.74, 6) is 0. The van der Waals surface area contributed by atoms with Crippen molar-refractivity contribution in [1.29, 1.82) is 0 Å². The standard InChI is InChI=1S/C13H24N2O4S/c1-3-4-7-19-8-5-6-14-20(17,18)13-9-12(11-16)15(2)10-13/h9-10,14,16H,3-8,11H2,1-2H3. The number of hydrogen-bond donors (Lipinski definition) is 2. The normalized spacial score (nSPS) is 11.9. The van der Waals surface area contributed by atoms with E-state index in [1.54, 1.807) is 11.6 Å². The second kappa shape index (κ2) is 8.41. The molecular weight excluding hydrogens is 280 g/mol. The van der Waals surface area contributed by atoms with Crippen molar-refractivity contribution in [1.82, 2.24) is 9.29 Å². The molecule has 1 aromatic heterocycles. The van der Waals surface area contributed by atoms with Gasteiger partial charge < -0.3 is 14.4 Å². The minimum absolute atomic E-state index is 0.177. The van der Waals surface area contributed by atoms with Crippen molar-refractivity contribution in [2.75, 3.05) is 19.8 Å². The zero-order valence-electron chi connectivity index (χ0n) is 12.1. The number of aryl methyl sites for hydroxylation is 1. The van der Waals surface area contributed by atoms with Gasteiger partial charge in [-0.05, 0) is 18.9 Å². The number of ether oxygens (including phenoxy) is 1. The van der Waals surface area contributed by atoms with Gasteiger partial charge in [0.1, 0.15) is 0 Å². The summed E-state index contributed by atoms with van der Waals surface area (Å²) in [5, 5.41) is 9.06. The summed E-state index contributed by atoms with van der Waals surface area (Å²) in [6.07, 6.45) is 4.25. The Bertz CT molecular complexity index is 496. The first-order valence-electron chi connectivity index (χ1n) is 6.84. The fourth-order valence-electron chi connectivity index (χ4n) is 1.69. The maximum absolute atomic E-state index is 12.0. The van der Waals surface area contributed by atoms with Crippen LogP contribution in [-0.2, 0) is 28.4 Å². The third kappa shape index (κ3) is 5.24. The first-order chi connectivity index (χ1) is 9.51. The van der Waals surface area contributed by atoms with Crippen LogP contribution in [0.5, 0.6) is 0 Å². The number of nitrogens with zero attached hydrogens (tertiary/aromatic N) is 1. The Kier molecular flexibility index (Phi) is 7.22. The lowest BCUT2D eigenvalue weighted by atomic mass is 10.4. The lowest BCUT2D eigenvalue weighted by Gasteiger charge is -2.05. The minimum Gasteiger partial charge on any atom is -0.390 e. The Balaban J connectivity index is 2.38. The van der Waals surface area contributed by atoms with Gasteiger partial charge >= 0.3 is 0 Å². The van der Waals surface area contributed by atoms with Crippen molar-refractivity contribution in [2.45, 2.75) is 37.7 Å². The molecule has 0 aliphatic rings. The fourth-order valence-corrected chi connectivity index (χ4v) is 2.86. The van der Waals surface area contributed by atoms with Gasteiger partial charge in [0.15, 0.2) is 0 Å². The number of aromatic nitrogens is 1. The van der Waals surface area contributed by atoms with Crippen molar-refractivity contribution < 1.29 is 18.3 Å². The van der Waals surface area contributed by atoms with E-state index in [0.29, 0.717) is 25.3 Å². The minimum atomic E-state index is -3.51. The molecule has 1 heterocycles. The number of unbranched alkanes of at least 4 members (excludes halogenated alkanes) is 1. The summed E-state index contributed by atoms with van der Waals surface area (Å²) in [7, 11) is -1.81. The molecule has 0 spiro atoms. The van der Waals surface area contributed by atoms with E-state index in [0.717, 1.165) is 19.4 Å². The maximum Gasteiger partial charge on any atom is 0.242 e. The molecule has 20 heavy (non-hydrogen) atoms. The van der Waals surface area contributed by atoms with Crippen molar-refractivity contribution in [3.8, 4) is 0 Å². The van der Waals surface area contributed by atoms with E-state index < -0.39 is 10.0 Å². The number of hydrogen-bond acceptors (Lipinski definition) is 4. The predicted octanol–water partition coefficient (Wildman–Crippen LogP) is 1.00. The zero-order chi connectivity index (χ0) is 15.0. The lowest BCUT2D eigenvalue weighted by Crippen LogP contribution is -2.25. The Morgan fingerprint density at radius 3 is 2.65 bits per heavy atom. The first-order valence-corrected chi connectivity index (χ1v) is 8.33. The Morgan fingerprint density at radius 2 is 2.05 bits per heavy atom. The molecule has 0 bridgehead atoms. The summed E-state index contributed by atoms with van der Waals surface area (Å²) in [5.41, 5.74) is 0.563. The van der Waals surface area contributed by atoms with Crippen molar-refractivity contribution in [3.63, 3.8) is 0 Å². The van der Waals surface area contributed by atoms with E-state index in [1.165, 1.54) is 12.3 Å². The molecule has 7 heteroatoms. The summed E-state index contributed by atoms with van der Waals surface area (Å²) < 4.78 is 33.5. The van der Waals surface area contributed by atoms with Crippen LogP contribution in [0.15, 0.2) is 17.2 Å². The van der Waals surface area contributed by atoms with Gasteiger partial charge in [0.25, 0.3) is 0 Å². The molecule has 0 atom stereocenters. The smallest absolute Gasteiger partial charge is 0.242 e. The van der Waals surface area contributed by atoms with Crippen LogP contribution in [0.4, 0.5) is 0 Å². The summed E-state index contributed by atoms with van der Waals surface area (Å²) in [6, 6.07) is 1.47. The Hall–Kier alpha value is -0.890. The second-order valence-electron chi connectivity index (χ2n) is 4.65. The van der Waals surface area contributed by atoms with E-state index in [2.05, 4.69) is 11.6 Å². The van der Waals surface area contributed by atoms with E-state index >= 15 is 0 Å². The van der Waals surface area contributed by atoms with E-state index in [-0.39, 0.29) is 11.5 Å². The van der Waals surface area contributed by atoms with Crippen molar-refractivity contribution in [2.24, 2.45) is 7.05 Å². The highest BCUT2D eigenvalue weighted by Gasteiger charge is 2.16. The van der Waals surface area contributed by atoms with Gasteiger partial charge in [-0.15, -0.1) is 0 Å². The molecule has 0 amide bonds. The average Bonchev–Trinajstić information content (AvgIpc) is 2.80. The quantitative estimate of drug-likeness (QED) is 0.632. The molecule has 0 unspecified atom stereocenters. The maximum atomic E-state index is 12.0. The molecular formula is C13H24N2O4S. The first kappa shape index (κ1) is 17.2. The number of aliphatic hydroxyl groups excluding tert-OH is 1. The van der Waals surface area contributed by atoms with E-state index in [1.807, 2.05) is 0 Å². The highest BCUT2D eigenvalue weighted by molar-refractivity contribution is 7.89. The molecule has 0 radical (unpaired) electrons. The summed E-state index contributed by atoms with van der Waals surface area (Å²) in [4.78, 5) is 0.177. The number of nitrogens with one attached hydrogen (secondary N) is 1. The molecule has 0 aliphatic heterocycles. The third-order valence-electron chi connectivity index (χ3n) is 2.95. The highest BCUT2D eigenvalue weighted by atomic mass is 32.2. The largest absolute Gasteiger partial charge is 0.390 e. The molecule has 6 nitrogen and oxygen atoms in total. The monoisotopic (exact) mass is 304 g/mol. The summed E-state index contributed by atoms with van der Waals surface area (Å²) >= 11 is 0. The molecule has 0 aliphatic carbocycles. The van der Waals surface area contributed by atoms with Crippen LogP contribution in [0.3, 0.4) is 0 Å². The lowest BCUT2D eigenvalue weighted by molar-refractivity contribution is 0.130. The van der Waals surface area contributed by atoms with Gasteiger partial charge in [0.05, 0.1) is 11.5 Å².